The predicted octanol–water partition coefficient (Wildman–Crippen LogP) is 2.06. The van der Waals surface area contributed by atoms with Crippen molar-refractivity contribution in [3.05, 3.63) is 16.6 Å². The van der Waals surface area contributed by atoms with Gasteiger partial charge in [-0.15, -0.1) is 11.3 Å². The van der Waals surface area contributed by atoms with Gasteiger partial charge < -0.3 is 4.74 Å². The van der Waals surface area contributed by atoms with Crippen LogP contribution in [0.25, 0.3) is 0 Å². The van der Waals surface area contributed by atoms with E-state index in [4.69, 9.17) is 4.74 Å². The lowest BCUT2D eigenvalue weighted by Gasteiger charge is -2.34. The van der Waals surface area contributed by atoms with Gasteiger partial charge in [-0.25, -0.2) is 4.98 Å². The van der Waals surface area contributed by atoms with E-state index in [1.54, 1.807) is 11.3 Å². The molecule has 1 saturated heterocycles. The van der Waals surface area contributed by atoms with Crippen LogP contribution in [0.5, 0.6) is 0 Å². The second-order valence-corrected chi connectivity index (χ2v) is 5.31. The minimum absolute atomic E-state index is 0.110. The highest BCUT2D eigenvalue weighted by Gasteiger charge is 2.25. The van der Waals surface area contributed by atoms with Gasteiger partial charge in [0.25, 0.3) is 0 Å². The van der Waals surface area contributed by atoms with Crippen LogP contribution in [0, 0.1) is 0 Å². The largest absolute Gasteiger partial charge is 0.469 e. The molecule has 0 aliphatic carbocycles. The Balaban J connectivity index is 1.94. The van der Waals surface area contributed by atoms with Crippen LogP contribution in [0.15, 0.2) is 11.6 Å². The van der Waals surface area contributed by atoms with Gasteiger partial charge >= 0.3 is 5.97 Å². The number of carbonyl (C=O) groups is 1. The number of methoxy groups -OCH3 is 1. The summed E-state index contributed by atoms with van der Waals surface area (Å²) >= 11 is 1.67. The average Bonchev–Trinajstić information content (AvgIpc) is 2.84. The van der Waals surface area contributed by atoms with E-state index >= 15 is 0 Å². The maximum Gasteiger partial charge on any atom is 0.307 e. The van der Waals surface area contributed by atoms with E-state index in [1.807, 2.05) is 11.6 Å². The summed E-state index contributed by atoms with van der Waals surface area (Å²) in [6.07, 6.45) is 5.83. The van der Waals surface area contributed by atoms with Gasteiger partial charge in [0, 0.05) is 17.6 Å². The van der Waals surface area contributed by atoms with E-state index in [1.165, 1.54) is 20.0 Å². The molecule has 1 unspecified atom stereocenters. The van der Waals surface area contributed by atoms with E-state index in [-0.39, 0.29) is 5.97 Å². The van der Waals surface area contributed by atoms with Gasteiger partial charge in [0.05, 0.1) is 20.1 Å². The fourth-order valence-corrected chi connectivity index (χ4v) is 2.92. The van der Waals surface area contributed by atoms with Crippen LogP contribution < -0.4 is 0 Å². The summed E-state index contributed by atoms with van der Waals surface area (Å²) in [6, 6.07) is 0.320. The van der Waals surface area contributed by atoms with E-state index < -0.39 is 0 Å². The number of ether oxygens (including phenoxy) is 1. The summed E-state index contributed by atoms with van der Waals surface area (Å²) in [4.78, 5) is 18.0. The molecule has 1 atom stereocenters. The Kier molecular flexibility index (Phi) is 4.50. The third-order valence-electron chi connectivity index (χ3n) is 3.20. The highest BCUT2D eigenvalue weighted by Crippen LogP contribution is 2.22. The molecule has 0 spiro atoms. The average molecular weight is 254 g/mol. The molecule has 1 aliphatic rings. The number of esters is 1. The first kappa shape index (κ1) is 12.5. The molecule has 1 aromatic heterocycles. The van der Waals surface area contributed by atoms with Crippen LogP contribution in [0.4, 0.5) is 0 Å². The summed E-state index contributed by atoms with van der Waals surface area (Å²) in [5.41, 5.74) is 0. The van der Waals surface area contributed by atoms with Crippen molar-refractivity contribution in [2.45, 2.75) is 38.3 Å². The van der Waals surface area contributed by atoms with Crippen LogP contribution in [0.1, 0.15) is 30.7 Å². The van der Waals surface area contributed by atoms with Crippen LogP contribution in [0.3, 0.4) is 0 Å². The molecular weight excluding hydrogens is 236 g/mol. The molecular formula is C12H18N2O2S. The number of nitrogens with zero attached hydrogens (tertiary/aromatic N) is 2. The first-order valence-electron chi connectivity index (χ1n) is 5.99. The molecule has 1 aliphatic heterocycles. The lowest BCUT2D eigenvalue weighted by molar-refractivity contribution is -0.142. The third kappa shape index (κ3) is 3.51. The topological polar surface area (TPSA) is 42.4 Å². The van der Waals surface area contributed by atoms with E-state index in [9.17, 15) is 4.79 Å². The fraction of sp³-hybridized carbons (Fsp3) is 0.667. The van der Waals surface area contributed by atoms with Crippen LogP contribution >= 0.6 is 11.3 Å². The Labute approximate surface area is 106 Å². The SMILES string of the molecule is COC(=O)CC1CCCCN1Cc1nccs1. The van der Waals surface area contributed by atoms with Crippen molar-refractivity contribution in [2.24, 2.45) is 0 Å². The Morgan fingerprint density at radius 3 is 3.24 bits per heavy atom. The predicted molar refractivity (Wildman–Crippen MR) is 66.8 cm³/mol. The van der Waals surface area contributed by atoms with Gasteiger partial charge in [0.1, 0.15) is 5.01 Å². The molecule has 2 rings (SSSR count). The molecule has 0 bridgehead atoms. The molecule has 0 N–H and O–H groups in total. The number of likely N-dealkylation sites (tertiary alicyclic amines) is 1. The van der Waals surface area contributed by atoms with Crippen molar-refractivity contribution in [1.82, 2.24) is 9.88 Å². The number of hydrogen-bond acceptors (Lipinski definition) is 5. The number of piperidine rings is 1. The summed E-state index contributed by atoms with van der Waals surface area (Å²) in [6.45, 7) is 1.92. The van der Waals surface area contributed by atoms with Crippen molar-refractivity contribution >= 4 is 17.3 Å². The zero-order valence-corrected chi connectivity index (χ0v) is 10.9. The molecule has 0 saturated carbocycles. The van der Waals surface area contributed by atoms with Crippen molar-refractivity contribution in [1.29, 1.82) is 0 Å². The van der Waals surface area contributed by atoms with Crippen LogP contribution in [-0.2, 0) is 16.1 Å². The normalized spacial score (nSPS) is 21.4. The minimum Gasteiger partial charge on any atom is -0.469 e. The van der Waals surface area contributed by atoms with Crippen LogP contribution in [-0.4, -0.2) is 35.5 Å². The molecule has 0 amide bonds. The van der Waals surface area contributed by atoms with E-state index in [2.05, 4.69) is 9.88 Å². The highest BCUT2D eigenvalue weighted by molar-refractivity contribution is 7.09. The molecule has 0 radical (unpaired) electrons. The monoisotopic (exact) mass is 254 g/mol. The van der Waals surface area contributed by atoms with Gasteiger partial charge in [-0.1, -0.05) is 6.42 Å². The number of thiazole rings is 1. The lowest BCUT2D eigenvalue weighted by Crippen LogP contribution is -2.40. The third-order valence-corrected chi connectivity index (χ3v) is 3.97. The maximum absolute atomic E-state index is 11.4. The molecule has 1 fully saturated rings. The summed E-state index contributed by atoms with van der Waals surface area (Å²) in [5.74, 6) is -0.110. The van der Waals surface area contributed by atoms with Crippen LogP contribution in [0.2, 0.25) is 0 Å². The molecule has 94 valence electrons. The van der Waals surface area contributed by atoms with Gasteiger partial charge in [0.2, 0.25) is 0 Å². The van der Waals surface area contributed by atoms with Crippen molar-refractivity contribution < 1.29 is 9.53 Å². The molecule has 2 heterocycles. The zero-order chi connectivity index (χ0) is 12.1. The van der Waals surface area contributed by atoms with Crippen molar-refractivity contribution in [2.75, 3.05) is 13.7 Å². The molecule has 4 nitrogen and oxygen atoms in total. The number of carbonyl (C=O) groups excluding carboxylic acids is 1. The Morgan fingerprint density at radius 2 is 2.53 bits per heavy atom. The highest BCUT2D eigenvalue weighted by atomic mass is 32.1. The Bertz CT molecular complexity index is 353. The first-order chi connectivity index (χ1) is 8.29. The van der Waals surface area contributed by atoms with Gasteiger partial charge in [0.15, 0.2) is 0 Å². The fourth-order valence-electron chi connectivity index (χ4n) is 2.28. The quantitative estimate of drug-likeness (QED) is 0.771. The number of hydrogen-bond donors (Lipinski definition) is 0. The summed E-state index contributed by atoms with van der Waals surface area (Å²) in [5, 5.41) is 3.12. The van der Waals surface area contributed by atoms with Gasteiger partial charge in [-0.2, -0.15) is 0 Å². The summed E-state index contributed by atoms with van der Waals surface area (Å²) < 4.78 is 4.76. The smallest absolute Gasteiger partial charge is 0.307 e. The maximum atomic E-state index is 11.4. The Hall–Kier alpha value is -0.940. The minimum atomic E-state index is -0.110. The molecule has 5 heteroatoms. The van der Waals surface area contributed by atoms with Gasteiger partial charge in [-0.05, 0) is 19.4 Å². The zero-order valence-electron chi connectivity index (χ0n) is 10.1. The lowest BCUT2D eigenvalue weighted by atomic mass is 9.99. The second-order valence-electron chi connectivity index (χ2n) is 4.33. The van der Waals surface area contributed by atoms with Crippen molar-refractivity contribution in [3.63, 3.8) is 0 Å². The molecule has 0 aromatic carbocycles. The second kappa shape index (κ2) is 6.12. The number of aromatic nitrogens is 1. The first-order valence-corrected chi connectivity index (χ1v) is 6.87. The standard InChI is InChI=1S/C12H18N2O2S/c1-16-12(15)8-10-4-2-3-6-14(10)9-11-13-5-7-17-11/h5,7,10H,2-4,6,8-9H2,1H3. The van der Waals surface area contributed by atoms with Crippen molar-refractivity contribution in [3.8, 4) is 0 Å². The molecule has 1 aromatic rings. The molecule has 17 heavy (non-hydrogen) atoms. The van der Waals surface area contributed by atoms with E-state index in [0.717, 1.165) is 24.5 Å². The van der Waals surface area contributed by atoms with E-state index in [0.29, 0.717) is 12.5 Å². The number of rotatable bonds is 4. The Morgan fingerprint density at radius 1 is 1.65 bits per heavy atom. The summed E-state index contributed by atoms with van der Waals surface area (Å²) in [7, 11) is 1.45. The van der Waals surface area contributed by atoms with Gasteiger partial charge in [-0.3, -0.25) is 9.69 Å².